The van der Waals surface area contributed by atoms with Crippen LogP contribution in [0.3, 0.4) is 0 Å². The summed E-state index contributed by atoms with van der Waals surface area (Å²) in [6.07, 6.45) is 1.94. The van der Waals surface area contributed by atoms with Gasteiger partial charge in [0.15, 0.2) is 5.78 Å². The van der Waals surface area contributed by atoms with Gasteiger partial charge in [-0.1, -0.05) is 0 Å². The van der Waals surface area contributed by atoms with Crippen molar-refractivity contribution in [1.29, 1.82) is 0 Å². The summed E-state index contributed by atoms with van der Waals surface area (Å²) in [7, 11) is 0. The van der Waals surface area contributed by atoms with Gasteiger partial charge < -0.3 is 14.4 Å². The van der Waals surface area contributed by atoms with Crippen molar-refractivity contribution in [2.24, 2.45) is 4.99 Å². The highest BCUT2D eigenvalue weighted by atomic mass is 16.5. The Hall–Kier alpha value is -1.69. The van der Waals surface area contributed by atoms with Crippen molar-refractivity contribution in [3.8, 4) is 0 Å². The Balaban J connectivity index is 2.06. The van der Waals surface area contributed by atoms with E-state index in [0.717, 1.165) is 0 Å². The van der Waals surface area contributed by atoms with Gasteiger partial charge >= 0.3 is 5.97 Å². The van der Waals surface area contributed by atoms with Crippen LogP contribution in [0, 0.1) is 0 Å². The van der Waals surface area contributed by atoms with Crippen molar-refractivity contribution >= 4 is 17.5 Å². The van der Waals surface area contributed by atoms with Gasteiger partial charge in [-0.15, -0.1) is 0 Å². The van der Waals surface area contributed by atoms with Crippen LogP contribution in [-0.2, 0) is 19.1 Å². The molecule has 0 amide bonds. The average molecular weight is 280 g/mol. The number of nitrogens with zero attached hydrogens (tertiary/aromatic N) is 2. The van der Waals surface area contributed by atoms with E-state index in [1.54, 1.807) is 13.0 Å². The number of ether oxygens (including phenoxy) is 2. The van der Waals surface area contributed by atoms with E-state index >= 15 is 0 Å². The number of esters is 1. The van der Waals surface area contributed by atoms with Gasteiger partial charge in [0.05, 0.1) is 25.7 Å². The fourth-order valence-electron chi connectivity index (χ4n) is 2.30. The third kappa shape index (κ3) is 3.90. The second-order valence-corrected chi connectivity index (χ2v) is 4.93. The Bertz CT molecular complexity index is 456. The molecule has 2 heterocycles. The molecule has 0 saturated carbocycles. The molecule has 0 spiro atoms. The first-order valence-corrected chi connectivity index (χ1v) is 6.91. The lowest BCUT2D eigenvalue weighted by Crippen LogP contribution is -2.41. The van der Waals surface area contributed by atoms with Crippen LogP contribution in [-0.4, -0.2) is 54.8 Å². The number of carbonyl (C=O) groups excluding carboxylic acids is 2. The molecule has 2 rings (SSSR count). The van der Waals surface area contributed by atoms with Crippen LogP contribution in [0.4, 0.5) is 0 Å². The number of ketones is 1. The van der Waals surface area contributed by atoms with Crippen LogP contribution in [0.15, 0.2) is 16.9 Å². The van der Waals surface area contributed by atoms with Gasteiger partial charge in [-0.3, -0.25) is 9.59 Å². The number of allylic oxidation sites excluding steroid dienone is 1. The molecule has 6 nitrogen and oxygen atoms in total. The molecule has 2 aliphatic rings. The maximum absolute atomic E-state index is 11.8. The van der Waals surface area contributed by atoms with Crippen molar-refractivity contribution in [2.45, 2.75) is 32.8 Å². The minimum Gasteiger partial charge on any atom is -0.466 e. The first kappa shape index (κ1) is 14.7. The zero-order valence-corrected chi connectivity index (χ0v) is 11.9. The van der Waals surface area contributed by atoms with E-state index in [1.807, 2.05) is 11.8 Å². The van der Waals surface area contributed by atoms with E-state index in [2.05, 4.69) is 4.99 Å². The summed E-state index contributed by atoms with van der Waals surface area (Å²) in [5, 5.41) is 0. The normalized spacial score (nSPS) is 23.2. The molecule has 0 aromatic rings. The molecule has 0 aliphatic carbocycles. The Kier molecular flexibility index (Phi) is 4.89. The van der Waals surface area contributed by atoms with Crippen LogP contribution in [0.5, 0.6) is 0 Å². The molecular formula is C14H20N2O4. The maximum atomic E-state index is 11.8. The molecule has 0 aromatic heterocycles. The maximum Gasteiger partial charge on any atom is 0.311 e. The van der Waals surface area contributed by atoms with Gasteiger partial charge in [0.25, 0.3) is 0 Å². The number of hydrogen-bond acceptors (Lipinski definition) is 6. The summed E-state index contributed by atoms with van der Waals surface area (Å²) in [5.74, 6) is 0.278. The van der Waals surface area contributed by atoms with Crippen molar-refractivity contribution in [1.82, 2.24) is 4.90 Å². The zero-order valence-electron chi connectivity index (χ0n) is 11.9. The average Bonchev–Trinajstić information content (AvgIpc) is 2.38. The van der Waals surface area contributed by atoms with E-state index < -0.39 is 0 Å². The molecule has 0 aromatic carbocycles. The lowest BCUT2D eigenvalue weighted by molar-refractivity contribution is -0.141. The lowest BCUT2D eigenvalue weighted by Gasteiger charge is -2.33. The third-order valence-electron chi connectivity index (χ3n) is 3.16. The number of morpholine rings is 1. The van der Waals surface area contributed by atoms with Crippen molar-refractivity contribution < 1.29 is 19.1 Å². The van der Waals surface area contributed by atoms with E-state index in [4.69, 9.17) is 9.47 Å². The van der Waals surface area contributed by atoms with Crippen LogP contribution in [0.25, 0.3) is 0 Å². The molecule has 1 fully saturated rings. The minimum absolute atomic E-state index is 0.0200. The summed E-state index contributed by atoms with van der Waals surface area (Å²) in [4.78, 5) is 29.7. The van der Waals surface area contributed by atoms with E-state index in [9.17, 15) is 9.59 Å². The van der Waals surface area contributed by atoms with E-state index in [-0.39, 0.29) is 30.7 Å². The predicted octanol–water partition coefficient (Wildman–Crippen LogP) is 0.916. The van der Waals surface area contributed by atoms with Crippen molar-refractivity contribution in [3.05, 3.63) is 11.9 Å². The Morgan fingerprint density at radius 2 is 2.40 bits per heavy atom. The summed E-state index contributed by atoms with van der Waals surface area (Å²) in [5.41, 5.74) is 0.574. The van der Waals surface area contributed by atoms with Crippen LogP contribution in [0.1, 0.15) is 26.7 Å². The predicted molar refractivity (Wildman–Crippen MR) is 73.4 cm³/mol. The summed E-state index contributed by atoms with van der Waals surface area (Å²) in [6, 6.07) is 0. The number of hydrogen-bond donors (Lipinski definition) is 0. The first-order chi connectivity index (χ1) is 9.58. The fraction of sp³-hybridized carbons (Fsp3) is 0.643. The highest BCUT2D eigenvalue weighted by Gasteiger charge is 2.23. The zero-order chi connectivity index (χ0) is 14.5. The highest BCUT2D eigenvalue weighted by Crippen LogP contribution is 2.18. The van der Waals surface area contributed by atoms with Gasteiger partial charge in [0.2, 0.25) is 0 Å². The second kappa shape index (κ2) is 6.65. The highest BCUT2D eigenvalue weighted by molar-refractivity contribution is 6.13. The van der Waals surface area contributed by atoms with Crippen LogP contribution in [0.2, 0.25) is 0 Å². The Labute approximate surface area is 118 Å². The van der Waals surface area contributed by atoms with Crippen LogP contribution < -0.4 is 0 Å². The number of aliphatic imine (C=N–C) groups is 1. The second-order valence-electron chi connectivity index (χ2n) is 4.93. The molecule has 1 unspecified atom stereocenters. The third-order valence-corrected chi connectivity index (χ3v) is 3.16. The van der Waals surface area contributed by atoms with Gasteiger partial charge in [-0.2, -0.15) is 0 Å². The molecule has 1 atom stereocenters. The van der Waals surface area contributed by atoms with Crippen molar-refractivity contribution in [3.63, 3.8) is 0 Å². The number of carbonyl (C=O) groups is 2. The summed E-state index contributed by atoms with van der Waals surface area (Å²) < 4.78 is 10.4. The SMILES string of the molecule is CCOC(=O)CC1=NC(N2CCOC(C)C2)=CC(=O)C1. The molecule has 1 saturated heterocycles. The topological polar surface area (TPSA) is 68.2 Å². The molecule has 110 valence electrons. The molecule has 0 bridgehead atoms. The summed E-state index contributed by atoms with van der Waals surface area (Å²) >= 11 is 0. The van der Waals surface area contributed by atoms with Gasteiger partial charge in [-0.25, -0.2) is 4.99 Å². The smallest absolute Gasteiger partial charge is 0.311 e. The van der Waals surface area contributed by atoms with Crippen LogP contribution >= 0.6 is 0 Å². The van der Waals surface area contributed by atoms with Crippen molar-refractivity contribution in [2.75, 3.05) is 26.3 Å². The molecular weight excluding hydrogens is 260 g/mol. The molecule has 20 heavy (non-hydrogen) atoms. The van der Waals surface area contributed by atoms with E-state index in [1.165, 1.54) is 0 Å². The van der Waals surface area contributed by atoms with E-state index in [0.29, 0.717) is 37.8 Å². The molecule has 0 radical (unpaired) electrons. The van der Waals surface area contributed by atoms with Gasteiger partial charge in [0, 0.05) is 31.3 Å². The molecule has 2 aliphatic heterocycles. The summed E-state index contributed by atoms with van der Waals surface area (Å²) in [6.45, 7) is 6.11. The first-order valence-electron chi connectivity index (χ1n) is 6.91. The molecule has 0 N–H and O–H groups in total. The van der Waals surface area contributed by atoms with Gasteiger partial charge in [0.1, 0.15) is 5.82 Å². The standard InChI is InChI=1S/C14H20N2O4/c1-3-19-14(18)7-11-6-12(17)8-13(15-11)16-4-5-20-10(2)9-16/h8,10H,3-7,9H2,1-2H3. The quantitative estimate of drug-likeness (QED) is 0.716. The van der Waals surface area contributed by atoms with Gasteiger partial charge in [-0.05, 0) is 13.8 Å². The Morgan fingerprint density at radius 3 is 3.10 bits per heavy atom. The largest absolute Gasteiger partial charge is 0.466 e. The Morgan fingerprint density at radius 1 is 1.60 bits per heavy atom. The fourth-order valence-corrected chi connectivity index (χ4v) is 2.30. The monoisotopic (exact) mass is 280 g/mol. The number of rotatable bonds is 4. The lowest BCUT2D eigenvalue weighted by atomic mass is 10.1. The molecule has 6 heteroatoms. The minimum atomic E-state index is -0.337.